The van der Waals surface area contributed by atoms with E-state index in [4.69, 9.17) is 9.47 Å². The van der Waals surface area contributed by atoms with Crippen LogP contribution in [0.1, 0.15) is 15.9 Å². The van der Waals surface area contributed by atoms with E-state index in [1.807, 2.05) is 36.4 Å². The van der Waals surface area contributed by atoms with Gasteiger partial charge in [0.2, 0.25) is 0 Å². The largest absolute Gasteiger partial charge is 0.493 e. The van der Waals surface area contributed by atoms with Gasteiger partial charge in [0.05, 0.1) is 14.2 Å². The van der Waals surface area contributed by atoms with Crippen molar-refractivity contribution in [3.05, 3.63) is 65.7 Å². The van der Waals surface area contributed by atoms with Gasteiger partial charge >= 0.3 is 0 Å². The topological polar surface area (TPSA) is 35.5 Å². The molecule has 0 spiro atoms. The van der Waals surface area contributed by atoms with Crippen LogP contribution >= 0.6 is 0 Å². The first-order chi connectivity index (χ1) is 9.74. The molecule has 3 heteroatoms. The van der Waals surface area contributed by atoms with Crippen molar-refractivity contribution in [1.29, 1.82) is 0 Å². The molecule has 0 unspecified atom stereocenters. The van der Waals surface area contributed by atoms with Crippen LogP contribution in [-0.4, -0.2) is 20.0 Å². The monoisotopic (exact) mass is 268 g/mol. The molecule has 0 fully saturated rings. The number of benzene rings is 2. The van der Waals surface area contributed by atoms with Crippen LogP contribution in [0.25, 0.3) is 6.08 Å². The normalized spacial score (nSPS) is 10.5. The van der Waals surface area contributed by atoms with Crippen LogP contribution in [0.5, 0.6) is 11.5 Å². The van der Waals surface area contributed by atoms with Crippen molar-refractivity contribution in [3.8, 4) is 11.5 Å². The third-order valence-corrected chi connectivity index (χ3v) is 2.89. The molecule has 0 saturated heterocycles. The number of hydrogen-bond donors (Lipinski definition) is 0. The van der Waals surface area contributed by atoms with E-state index in [1.54, 1.807) is 38.5 Å². The molecule has 0 bridgehead atoms. The Labute approximate surface area is 118 Å². The first-order valence-corrected chi connectivity index (χ1v) is 6.24. The number of carbonyl (C=O) groups is 1. The van der Waals surface area contributed by atoms with Crippen LogP contribution in [-0.2, 0) is 0 Å². The Morgan fingerprint density at radius 3 is 2.30 bits per heavy atom. The molecule has 2 aromatic carbocycles. The summed E-state index contributed by atoms with van der Waals surface area (Å²) >= 11 is 0. The van der Waals surface area contributed by atoms with Gasteiger partial charge in [0.25, 0.3) is 0 Å². The first-order valence-electron chi connectivity index (χ1n) is 6.24. The fourth-order valence-corrected chi connectivity index (χ4v) is 1.83. The van der Waals surface area contributed by atoms with Crippen LogP contribution < -0.4 is 9.47 Å². The number of ether oxygens (including phenoxy) is 2. The number of ketones is 1. The molecule has 2 rings (SSSR count). The molecular formula is C17H16O3. The second-order valence-corrected chi connectivity index (χ2v) is 4.18. The standard InChI is InChI=1S/C17H16O3/c1-19-16-11-9-13(12-17(16)20-2)8-10-15(18)14-6-4-3-5-7-14/h3-12H,1-2H3/b10-8+. The summed E-state index contributed by atoms with van der Waals surface area (Å²) in [6.45, 7) is 0. The van der Waals surface area contributed by atoms with Crippen molar-refractivity contribution in [2.45, 2.75) is 0 Å². The van der Waals surface area contributed by atoms with Crippen LogP contribution in [0.2, 0.25) is 0 Å². The van der Waals surface area contributed by atoms with Gasteiger partial charge in [-0.15, -0.1) is 0 Å². The molecule has 0 aliphatic carbocycles. The van der Waals surface area contributed by atoms with E-state index in [0.717, 1.165) is 5.56 Å². The van der Waals surface area contributed by atoms with Gasteiger partial charge in [-0.1, -0.05) is 42.5 Å². The predicted octanol–water partition coefficient (Wildman–Crippen LogP) is 3.60. The Morgan fingerprint density at radius 1 is 0.950 bits per heavy atom. The summed E-state index contributed by atoms with van der Waals surface area (Å²) in [5, 5.41) is 0. The molecule has 3 nitrogen and oxygen atoms in total. The third kappa shape index (κ3) is 3.26. The highest BCUT2D eigenvalue weighted by molar-refractivity contribution is 6.06. The number of allylic oxidation sites excluding steroid dienone is 1. The maximum atomic E-state index is 12.0. The molecule has 0 saturated carbocycles. The van der Waals surface area contributed by atoms with Crippen molar-refractivity contribution in [3.63, 3.8) is 0 Å². The lowest BCUT2D eigenvalue weighted by molar-refractivity contribution is 0.104. The Hall–Kier alpha value is -2.55. The van der Waals surface area contributed by atoms with Gasteiger partial charge in [0.1, 0.15) is 0 Å². The molecule has 0 aromatic heterocycles. The van der Waals surface area contributed by atoms with Crippen LogP contribution in [0, 0.1) is 0 Å². The Kier molecular flexibility index (Phi) is 4.56. The Bertz CT molecular complexity index is 615. The summed E-state index contributed by atoms with van der Waals surface area (Å²) in [6.07, 6.45) is 3.31. The van der Waals surface area contributed by atoms with Crippen LogP contribution in [0.15, 0.2) is 54.6 Å². The lowest BCUT2D eigenvalue weighted by atomic mass is 10.1. The summed E-state index contributed by atoms with van der Waals surface area (Å²) in [5.41, 5.74) is 1.55. The molecule has 0 atom stereocenters. The van der Waals surface area contributed by atoms with Gasteiger partial charge in [-0.25, -0.2) is 0 Å². The van der Waals surface area contributed by atoms with Crippen molar-refractivity contribution in [1.82, 2.24) is 0 Å². The molecule has 102 valence electrons. The lowest BCUT2D eigenvalue weighted by Crippen LogP contribution is -1.93. The summed E-state index contributed by atoms with van der Waals surface area (Å²) in [4.78, 5) is 12.0. The Balaban J connectivity index is 2.17. The highest BCUT2D eigenvalue weighted by Gasteiger charge is 2.04. The molecule has 2 aromatic rings. The molecule has 0 heterocycles. The molecular weight excluding hydrogens is 252 g/mol. The first kappa shape index (κ1) is 13.9. The van der Waals surface area contributed by atoms with Gasteiger partial charge in [-0.2, -0.15) is 0 Å². The van der Waals surface area contributed by atoms with E-state index in [2.05, 4.69) is 0 Å². The minimum Gasteiger partial charge on any atom is -0.493 e. The van der Waals surface area contributed by atoms with E-state index in [9.17, 15) is 4.79 Å². The molecule has 0 radical (unpaired) electrons. The zero-order chi connectivity index (χ0) is 14.4. The van der Waals surface area contributed by atoms with Crippen molar-refractivity contribution in [2.75, 3.05) is 14.2 Å². The number of carbonyl (C=O) groups excluding carboxylic acids is 1. The van der Waals surface area contributed by atoms with E-state index in [1.165, 1.54) is 0 Å². The van der Waals surface area contributed by atoms with Gasteiger partial charge in [0.15, 0.2) is 17.3 Å². The van der Waals surface area contributed by atoms with E-state index in [0.29, 0.717) is 17.1 Å². The van der Waals surface area contributed by atoms with Crippen LogP contribution in [0.3, 0.4) is 0 Å². The maximum Gasteiger partial charge on any atom is 0.185 e. The van der Waals surface area contributed by atoms with Crippen molar-refractivity contribution in [2.24, 2.45) is 0 Å². The zero-order valence-corrected chi connectivity index (χ0v) is 11.5. The summed E-state index contributed by atoms with van der Waals surface area (Å²) in [6, 6.07) is 14.7. The molecule has 0 amide bonds. The maximum absolute atomic E-state index is 12.0. The Morgan fingerprint density at radius 2 is 1.65 bits per heavy atom. The van der Waals surface area contributed by atoms with Crippen molar-refractivity contribution >= 4 is 11.9 Å². The summed E-state index contributed by atoms with van der Waals surface area (Å²) in [7, 11) is 3.17. The SMILES string of the molecule is COc1ccc(/C=C/C(=O)c2ccccc2)cc1OC. The van der Waals surface area contributed by atoms with Crippen molar-refractivity contribution < 1.29 is 14.3 Å². The minimum atomic E-state index is -0.0274. The zero-order valence-electron chi connectivity index (χ0n) is 11.5. The van der Waals surface area contributed by atoms with Gasteiger partial charge in [-0.05, 0) is 23.8 Å². The predicted molar refractivity (Wildman–Crippen MR) is 79.4 cm³/mol. The number of methoxy groups -OCH3 is 2. The van der Waals surface area contributed by atoms with E-state index >= 15 is 0 Å². The number of hydrogen-bond acceptors (Lipinski definition) is 3. The smallest absolute Gasteiger partial charge is 0.185 e. The summed E-state index contributed by atoms with van der Waals surface area (Å²) in [5.74, 6) is 1.28. The molecule has 20 heavy (non-hydrogen) atoms. The highest BCUT2D eigenvalue weighted by atomic mass is 16.5. The molecule has 0 aliphatic heterocycles. The quantitative estimate of drug-likeness (QED) is 0.614. The van der Waals surface area contributed by atoms with E-state index < -0.39 is 0 Å². The molecule has 0 N–H and O–H groups in total. The fourth-order valence-electron chi connectivity index (χ4n) is 1.83. The second-order valence-electron chi connectivity index (χ2n) is 4.18. The highest BCUT2D eigenvalue weighted by Crippen LogP contribution is 2.27. The fraction of sp³-hybridized carbons (Fsp3) is 0.118. The van der Waals surface area contributed by atoms with Gasteiger partial charge in [0, 0.05) is 5.56 Å². The minimum absolute atomic E-state index is 0.0274. The molecule has 0 aliphatic rings. The second kappa shape index (κ2) is 6.57. The van der Waals surface area contributed by atoms with Gasteiger partial charge in [-0.3, -0.25) is 4.79 Å². The van der Waals surface area contributed by atoms with Gasteiger partial charge < -0.3 is 9.47 Å². The average molecular weight is 268 g/mol. The van der Waals surface area contributed by atoms with E-state index in [-0.39, 0.29) is 5.78 Å². The summed E-state index contributed by atoms with van der Waals surface area (Å²) < 4.78 is 10.4. The lowest BCUT2D eigenvalue weighted by Gasteiger charge is -2.07. The van der Waals surface area contributed by atoms with Crippen LogP contribution in [0.4, 0.5) is 0 Å². The third-order valence-electron chi connectivity index (χ3n) is 2.89. The average Bonchev–Trinajstić information content (AvgIpc) is 2.53. The number of rotatable bonds is 5.